The summed E-state index contributed by atoms with van der Waals surface area (Å²) in [5, 5.41) is 13.1. The van der Waals surface area contributed by atoms with E-state index in [0.29, 0.717) is 41.4 Å². The molecule has 26 heavy (non-hydrogen) atoms. The van der Waals surface area contributed by atoms with Crippen LogP contribution in [-0.4, -0.2) is 41.6 Å². The summed E-state index contributed by atoms with van der Waals surface area (Å²) in [5.41, 5.74) is 2.42. The largest absolute Gasteiger partial charge is 0.384 e. The zero-order valence-electron chi connectivity index (χ0n) is 14.8. The van der Waals surface area contributed by atoms with Crippen LogP contribution in [0.25, 0.3) is 21.8 Å². The topological polar surface area (TPSA) is 71.9 Å². The number of pyridine rings is 1. The summed E-state index contributed by atoms with van der Waals surface area (Å²) < 4.78 is 7.08. The highest BCUT2D eigenvalue weighted by molar-refractivity contribution is 6.31. The number of aromatic nitrogens is 3. The first-order chi connectivity index (χ1) is 12.7. The van der Waals surface area contributed by atoms with Gasteiger partial charge in [-0.3, -0.25) is 9.89 Å². The number of methoxy groups -OCH3 is 1. The number of hydrogen-bond donors (Lipinski definition) is 2. The Balaban J connectivity index is 1.91. The summed E-state index contributed by atoms with van der Waals surface area (Å²) in [6.45, 7) is 3.25. The molecule has 3 heterocycles. The molecule has 1 saturated heterocycles. The predicted molar refractivity (Wildman–Crippen MR) is 104 cm³/mol. The highest BCUT2D eigenvalue weighted by Crippen LogP contribution is 2.27. The molecule has 4 rings (SSSR count). The Morgan fingerprint density at radius 3 is 3.08 bits per heavy atom. The number of aromatic amines is 1. The lowest BCUT2D eigenvalue weighted by Crippen LogP contribution is -2.35. The van der Waals surface area contributed by atoms with E-state index in [9.17, 15) is 4.79 Å². The van der Waals surface area contributed by atoms with Crippen molar-refractivity contribution in [3.63, 3.8) is 0 Å². The average molecular weight is 375 g/mol. The van der Waals surface area contributed by atoms with Gasteiger partial charge in [-0.1, -0.05) is 11.6 Å². The van der Waals surface area contributed by atoms with Crippen LogP contribution >= 0.6 is 11.6 Å². The van der Waals surface area contributed by atoms with Crippen molar-refractivity contribution in [1.82, 2.24) is 20.1 Å². The molecule has 0 amide bonds. The molecule has 0 unspecified atom stereocenters. The first kappa shape index (κ1) is 17.5. The number of ether oxygens (including phenoxy) is 1. The summed E-state index contributed by atoms with van der Waals surface area (Å²) in [6, 6.07) is 5.66. The van der Waals surface area contributed by atoms with E-state index in [1.807, 2.05) is 22.8 Å². The Morgan fingerprint density at radius 1 is 1.42 bits per heavy atom. The first-order valence-corrected chi connectivity index (χ1v) is 9.45. The molecule has 2 N–H and O–H groups in total. The maximum Gasteiger partial charge on any atom is 0.262 e. The third-order valence-electron chi connectivity index (χ3n) is 5.20. The van der Waals surface area contributed by atoms with Gasteiger partial charge in [-0.15, -0.1) is 0 Å². The highest BCUT2D eigenvalue weighted by atomic mass is 35.5. The van der Waals surface area contributed by atoms with Gasteiger partial charge in [0.05, 0.1) is 23.2 Å². The van der Waals surface area contributed by atoms with Gasteiger partial charge in [-0.05, 0) is 50.0 Å². The Hall–Kier alpha value is -1.89. The van der Waals surface area contributed by atoms with Crippen LogP contribution in [0, 0.1) is 5.92 Å². The molecule has 0 aliphatic carbocycles. The lowest BCUT2D eigenvalue weighted by atomic mass is 9.99. The van der Waals surface area contributed by atoms with E-state index in [0.717, 1.165) is 42.5 Å². The molecule has 3 aromatic rings. The van der Waals surface area contributed by atoms with Crippen LogP contribution < -0.4 is 10.9 Å². The van der Waals surface area contributed by atoms with Gasteiger partial charge >= 0.3 is 0 Å². The molecular formula is C19H23ClN4O2. The van der Waals surface area contributed by atoms with E-state index in [-0.39, 0.29) is 5.56 Å². The average Bonchev–Trinajstić information content (AvgIpc) is 3.08. The molecule has 0 radical (unpaired) electrons. The van der Waals surface area contributed by atoms with E-state index < -0.39 is 0 Å². The van der Waals surface area contributed by atoms with Gasteiger partial charge in [0, 0.05) is 30.5 Å². The fraction of sp³-hybridized carbons (Fsp3) is 0.474. The number of piperidine rings is 1. The van der Waals surface area contributed by atoms with Gasteiger partial charge < -0.3 is 14.6 Å². The fourth-order valence-electron chi connectivity index (χ4n) is 3.89. The van der Waals surface area contributed by atoms with Crippen LogP contribution in [0.3, 0.4) is 0 Å². The second kappa shape index (κ2) is 7.39. The molecule has 1 aliphatic rings. The normalized spacial score (nSPS) is 18.0. The Bertz CT molecular complexity index is 989. The lowest BCUT2D eigenvalue weighted by molar-refractivity contribution is 0.201. The molecule has 0 bridgehead atoms. The zero-order valence-corrected chi connectivity index (χ0v) is 15.6. The Morgan fingerprint density at radius 2 is 2.31 bits per heavy atom. The minimum absolute atomic E-state index is 0.0141. The number of fused-ring (bicyclic) bond motifs is 3. The van der Waals surface area contributed by atoms with Gasteiger partial charge in [0.2, 0.25) is 0 Å². The molecule has 0 spiro atoms. The van der Waals surface area contributed by atoms with E-state index >= 15 is 0 Å². The van der Waals surface area contributed by atoms with Crippen LogP contribution in [0.2, 0.25) is 5.02 Å². The maximum atomic E-state index is 13.4. The van der Waals surface area contributed by atoms with E-state index in [2.05, 4.69) is 15.5 Å². The Kier molecular flexibility index (Phi) is 4.98. The molecule has 7 heteroatoms. The van der Waals surface area contributed by atoms with Gasteiger partial charge in [-0.25, -0.2) is 0 Å². The van der Waals surface area contributed by atoms with E-state index in [1.54, 1.807) is 7.11 Å². The molecule has 1 aromatic carbocycles. The van der Waals surface area contributed by atoms with Crippen LogP contribution in [0.4, 0.5) is 0 Å². The summed E-state index contributed by atoms with van der Waals surface area (Å²) in [4.78, 5) is 13.4. The number of halogens is 1. The van der Waals surface area contributed by atoms with E-state index in [4.69, 9.17) is 16.3 Å². The molecule has 2 aromatic heterocycles. The lowest BCUT2D eigenvalue weighted by Gasteiger charge is -2.24. The summed E-state index contributed by atoms with van der Waals surface area (Å²) in [7, 11) is 1.65. The minimum atomic E-state index is 0.0141. The van der Waals surface area contributed by atoms with Crippen LogP contribution in [0.15, 0.2) is 23.0 Å². The third kappa shape index (κ3) is 3.13. The second-order valence-electron chi connectivity index (χ2n) is 6.96. The van der Waals surface area contributed by atoms with Crippen molar-refractivity contribution in [1.29, 1.82) is 0 Å². The minimum Gasteiger partial charge on any atom is -0.384 e. The van der Waals surface area contributed by atoms with Crippen LogP contribution in [0.1, 0.15) is 18.5 Å². The van der Waals surface area contributed by atoms with Crippen molar-refractivity contribution >= 4 is 33.4 Å². The molecular weight excluding hydrogens is 352 g/mol. The van der Waals surface area contributed by atoms with Gasteiger partial charge in [0.25, 0.3) is 5.56 Å². The summed E-state index contributed by atoms with van der Waals surface area (Å²) >= 11 is 6.24. The van der Waals surface area contributed by atoms with Gasteiger partial charge in [0.1, 0.15) is 5.52 Å². The zero-order chi connectivity index (χ0) is 18.1. The Labute approximate surface area is 156 Å². The van der Waals surface area contributed by atoms with Crippen molar-refractivity contribution in [2.75, 3.05) is 26.8 Å². The number of nitrogens with one attached hydrogen (secondary N) is 2. The van der Waals surface area contributed by atoms with Crippen LogP contribution in [-0.2, 0) is 17.7 Å². The van der Waals surface area contributed by atoms with Gasteiger partial charge in [-0.2, -0.15) is 5.10 Å². The number of nitrogens with zero attached hydrogens (tertiary/aromatic N) is 2. The molecule has 1 aliphatic heterocycles. The third-order valence-corrected chi connectivity index (χ3v) is 5.44. The van der Waals surface area contributed by atoms with Crippen molar-refractivity contribution in [3.8, 4) is 0 Å². The predicted octanol–water partition coefficient (Wildman–Crippen LogP) is 2.72. The molecule has 1 fully saturated rings. The number of hydrogen-bond acceptors (Lipinski definition) is 4. The quantitative estimate of drug-likeness (QED) is 0.720. The molecule has 0 saturated carbocycles. The van der Waals surface area contributed by atoms with Crippen LogP contribution in [0.5, 0.6) is 0 Å². The first-order valence-electron chi connectivity index (χ1n) is 9.07. The summed E-state index contributed by atoms with van der Waals surface area (Å²) in [5.74, 6) is 0.451. The second-order valence-corrected chi connectivity index (χ2v) is 7.39. The SMILES string of the molecule is COCCc1[nH]nc2c1c(=O)n(C[C@@H]1CCCNC1)c1ccc(Cl)cc21. The van der Waals surface area contributed by atoms with Crippen molar-refractivity contribution in [2.24, 2.45) is 5.92 Å². The van der Waals surface area contributed by atoms with E-state index in [1.165, 1.54) is 0 Å². The molecule has 1 atom stereocenters. The number of benzene rings is 1. The molecule has 138 valence electrons. The fourth-order valence-corrected chi connectivity index (χ4v) is 4.06. The summed E-state index contributed by atoms with van der Waals surface area (Å²) in [6.07, 6.45) is 2.91. The van der Waals surface area contributed by atoms with Crippen molar-refractivity contribution in [3.05, 3.63) is 39.3 Å². The molecule has 6 nitrogen and oxygen atoms in total. The monoisotopic (exact) mass is 374 g/mol. The number of H-pyrrole nitrogens is 1. The maximum absolute atomic E-state index is 13.4. The number of rotatable bonds is 5. The van der Waals surface area contributed by atoms with Crippen molar-refractivity contribution in [2.45, 2.75) is 25.8 Å². The van der Waals surface area contributed by atoms with Crippen molar-refractivity contribution < 1.29 is 4.74 Å². The van der Waals surface area contributed by atoms with Gasteiger partial charge in [0.15, 0.2) is 0 Å². The highest BCUT2D eigenvalue weighted by Gasteiger charge is 2.20. The standard InChI is InChI=1S/C19H23ClN4O2/c1-26-8-6-15-17-18(23-22-15)14-9-13(20)4-5-16(14)24(19(17)25)11-12-3-2-7-21-10-12/h4-5,9,12,21H,2-3,6-8,10-11H2,1H3,(H,22,23)/t12-/m1/s1. The smallest absolute Gasteiger partial charge is 0.262 e.